The Labute approximate surface area is 95.8 Å². The maximum atomic E-state index is 11.6. The van der Waals surface area contributed by atoms with E-state index < -0.39 is 5.97 Å². The fourth-order valence-corrected chi connectivity index (χ4v) is 1.48. The Morgan fingerprint density at radius 1 is 1.44 bits per heavy atom. The first-order valence-corrected chi connectivity index (χ1v) is 5.41. The van der Waals surface area contributed by atoms with Crippen LogP contribution < -0.4 is 5.73 Å². The number of nitrogen functional groups attached to an aromatic ring is 1. The van der Waals surface area contributed by atoms with Crippen molar-refractivity contribution in [1.29, 1.82) is 0 Å². The third kappa shape index (κ3) is 3.88. The van der Waals surface area contributed by atoms with Gasteiger partial charge in [0, 0.05) is 0 Å². The van der Waals surface area contributed by atoms with Crippen LogP contribution in [0.3, 0.4) is 0 Å². The number of carbonyl (C=O) groups excluding carboxylic acids is 1. The Balaban J connectivity index is 2.55. The van der Waals surface area contributed by atoms with Gasteiger partial charge in [-0.25, -0.2) is 9.78 Å². The van der Waals surface area contributed by atoms with E-state index in [0.29, 0.717) is 17.3 Å². The summed E-state index contributed by atoms with van der Waals surface area (Å²) in [6.45, 7) is 6.06. The van der Waals surface area contributed by atoms with Crippen molar-refractivity contribution in [2.75, 3.05) is 5.73 Å². The topological polar surface area (TPSA) is 65.2 Å². The van der Waals surface area contributed by atoms with Gasteiger partial charge >= 0.3 is 5.97 Å². The van der Waals surface area contributed by atoms with Gasteiger partial charge in [-0.3, -0.25) is 0 Å². The number of rotatable bonds is 4. The lowest BCUT2D eigenvalue weighted by atomic mass is 10.1. The maximum absolute atomic E-state index is 11.6. The molecule has 0 aliphatic rings. The first-order valence-electron chi connectivity index (χ1n) is 5.41. The highest BCUT2D eigenvalue weighted by atomic mass is 16.5. The number of ether oxygens (including phenoxy) is 1. The van der Waals surface area contributed by atoms with Crippen LogP contribution in [0, 0.1) is 5.92 Å². The molecular weight excluding hydrogens is 204 g/mol. The van der Waals surface area contributed by atoms with Gasteiger partial charge in [0.15, 0.2) is 0 Å². The average molecular weight is 222 g/mol. The molecule has 88 valence electrons. The summed E-state index contributed by atoms with van der Waals surface area (Å²) in [6.07, 6.45) is 2.21. The Hall–Kier alpha value is -1.58. The highest BCUT2D eigenvalue weighted by Gasteiger charge is 2.13. The molecule has 1 atom stereocenters. The van der Waals surface area contributed by atoms with Crippen LogP contribution in [-0.4, -0.2) is 17.1 Å². The summed E-state index contributed by atoms with van der Waals surface area (Å²) in [5, 5.41) is 0. The first-order chi connectivity index (χ1) is 7.49. The average Bonchev–Trinajstić information content (AvgIpc) is 2.16. The highest BCUT2D eigenvalue weighted by Crippen LogP contribution is 2.10. The molecule has 0 aromatic carbocycles. The van der Waals surface area contributed by atoms with E-state index in [1.165, 1.54) is 6.20 Å². The van der Waals surface area contributed by atoms with Crippen LogP contribution in [0.5, 0.6) is 0 Å². The molecule has 0 spiro atoms. The molecule has 0 bridgehead atoms. The molecule has 1 aromatic heterocycles. The maximum Gasteiger partial charge on any atom is 0.357 e. The molecule has 16 heavy (non-hydrogen) atoms. The zero-order valence-electron chi connectivity index (χ0n) is 9.93. The van der Waals surface area contributed by atoms with E-state index in [9.17, 15) is 4.79 Å². The van der Waals surface area contributed by atoms with Gasteiger partial charge in [-0.15, -0.1) is 0 Å². The highest BCUT2D eigenvalue weighted by molar-refractivity contribution is 5.87. The number of nitrogens with two attached hydrogens (primary N) is 1. The third-order valence-corrected chi connectivity index (χ3v) is 2.11. The predicted molar refractivity (Wildman–Crippen MR) is 63.0 cm³/mol. The quantitative estimate of drug-likeness (QED) is 0.793. The van der Waals surface area contributed by atoms with Gasteiger partial charge in [0.25, 0.3) is 0 Å². The number of esters is 1. The summed E-state index contributed by atoms with van der Waals surface area (Å²) in [6, 6.07) is 3.20. The molecule has 4 nitrogen and oxygen atoms in total. The molecule has 2 N–H and O–H groups in total. The minimum absolute atomic E-state index is 0.0909. The molecule has 0 amide bonds. The molecule has 0 aliphatic carbocycles. The van der Waals surface area contributed by atoms with E-state index >= 15 is 0 Å². The predicted octanol–water partition coefficient (Wildman–Crippen LogP) is 2.26. The van der Waals surface area contributed by atoms with Gasteiger partial charge in [0.05, 0.1) is 18.0 Å². The summed E-state index contributed by atoms with van der Waals surface area (Å²) >= 11 is 0. The fourth-order valence-electron chi connectivity index (χ4n) is 1.48. The SMILES string of the molecule is CC(C)CC(C)OC(=O)c1ccc(N)cn1. The van der Waals surface area contributed by atoms with Crippen LogP contribution in [0.2, 0.25) is 0 Å². The second-order valence-corrected chi connectivity index (χ2v) is 4.32. The van der Waals surface area contributed by atoms with E-state index in [2.05, 4.69) is 18.8 Å². The van der Waals surface area contributed by atoms with Crippen molar-refractivity contribution >= 4 is 11.7 Å². The first kappa shape index (κ1) is 12.5. The van der Waals surface area contributed by atoms with Crippen LogP contribution in [0.1, 0.15) is 37.7 Å². The largest absolute Gasteiger partial charge is 0.458 e. The van der Waals surface area contributed by atoms with Crippen LogP contribution in [-0.2, 0) is 4.74 Å². The van der Waals surface area contributed by atoms with Crippen LogP contribution in [0.4, 0.5) is 5.69 Å². The van der Waals surface area contributed by atoms with Crippen molar-refractivity contribution in [3.63, 3.8) is 0 Å². The standard InChI is InChI=1S/C12H18N2O2/c1-8(2)6-9(3)16-12(15)11-5-4-10(13)7-14-11/h4-5,7-9H,6,13H2,1-3H3. The van der Waals surface area contributed by atoms with E-state index in [-0.39, 0.29) is 6.10 Å². The summed E-state index contributed by atoms with van der Waals surface area (Å²) in [5.41, 5.74) is 6.31. The van der Waals surface area contributed by atoms with Crippen molar-refractivity contribution < 1.29 is 9.53 Å². The fraction of sp³-hybridized carbons (Fsp3) is 0.500. The van der Waals surface area contributed by atoms with Gasteiger partial charge in [0.1, 0.15) is 5.69 Å². The van der Waals surface area contributed by atoms with Crippen molar-refractivity contribution in [3.05, 3.63) is 24.0 Å². The monoisotopic (exact) mass is 222 g/mol. The lowest BCUT2D eigenvalue weighted by molar-refractivity contribution is 0.0293. The molecule has 0 fully saturated rings. The Kier molecular flexibility index (Phi) is 4.28. The summed E-state index contributed by atoms with van der Waals surface area (Å²) in [7, 11) is 0. The summed E-state index contributed by atoms with van der Waals surface area (Å²) in [4.78, 5) is 15.5. The number of nitrogens with zero attached hydrogens (tertiary/aromatic N) is 1. The second-order valence-electron chi connectivity index (χ2n) is 4.32. The van der Waals surface area contributed by atoms with Gasteiger partial charge in [0.2, 0.25) is 0 Å². The van der Waals surface area contributed by atoms with Crippen molar-refractivity contribution in [2.45, 2.75) is 33.3 Å². The molecule has 4 heteroatoms. The number of hydrogen-bond acceptors (Lipinski definition) is 4. The van der Waals surface area contributed by atoms with Crippen molar-refractivity contribution in [1.82, 2.24) is 4.98 Å². The Morgan fingerprint density at radius 3 is 2.62 bits per heavy atom. The normalized spacial score (nSPS) is 12.5. The summed E-state index contributed by atoms with van der Waals surface area (Å²) < 4.78 is 5.24. The van der Waals surface area contributed by atoms with Gasteiger partial charge in [-0.1, -0.05) is 13.8 Å². The van der Waals surface area contributed by atoms with Crippen LogP contribution in [0.15, 0.2) is 18.3 Å². The molecule has 0 radical (unpaired) electrons. The zero-order chi connectivity index (χ0) is 12.1. The number of aromatic nitrogens is 1. The lowest BCUT2D eigenvalue weighted by Gasteiger charge is -2.14. The van der Waals surface area contributed by atoms with Crippen LogP contribution >= 0.6 is 0 Å². The minimum atomic E-state index is -0.395. The Morgan fingerprint density at radius 2 is 2.12 bits per heavy atom. The molecule has 0 aliphatic heterocycles. The van der Waals surface area contributed by atoms with Gasteiger partial charge in [-0.05, 0) is 31.4 Å². The number of hydrogen-bond donors (Lipinski definition) is 1. The lowest BCUT2D eigenvalue weighted by Crippen LogP contribution is -2.17. The van der Waals surface area contributed by atoms with E-state index in [4.69, 9.17) is 10.5 Å². The summed E-state index contributed by atoms with van der Waals surface area (Å²) in [5.74, 6) is 0.107. The van der Waals surface area contributed by atoms with Gasteiger partial charge < -0.3 is 10.5 Å². The van der Waals surface area contributed by atoms with Crippen LogP contribution in [0.25, 0.3) is 0 Å². The van der Waals surface area contributed by atoms with Crippen molar-refractivity contribution in [3.8, 4) is 0 Å². The minimum Gasteiger partial charge on any atom is -0.458 e. The number of pyridine rings is 1. The molecule has 0 saturated carbocycles. The Bertz CT molecular complexity index is 347. The van der Waals surface area contributed by atoms with Crippen molar-refractivity contribution in [2.24, 2.45) is 5.92 Å². The molecule has 1 unspecified atom stereocenters. The zero-order valence-corrected chi connectivity index (χ0v) is 9.93. The molecule has 1 heterocycles. The second kappa shape index (κ2) is 5.49. The smallest absolute Gasteiger partial charge is 0.357 e. The number of carbonyl (C=O) groups is 1. The molecule has 0 saturated heterocycles. The molecular formula is C12H18N2O2. The van der Waals surface area contributed by atoms with E-state index in [0.717, 1.165) is 6.42 Å². The van der Waals surface area contributed by atoms with Gasteiger partial charge in [-0.2, -0.15) is 0 Å². The molecule has 1 rings (SSSR count). The molecule has 1 aromatic rings. The van der Waals surface area contributed by atoms with E-state index in [1.807, 2.05) is 6.92 Å². The number of anilines is 1. The third-order valence-electron chi connectivity index (χ3n) is 2.11. The van der Waals surface area contributed by atoms with E-state index in [1.54, 1.807) is 12.1 Å².